The van der Waals surface area contributed by atoms with Crippen LogP contribution in [0, 0.1) is 11.3 Å². The fraction of sp³-hybridized carbons (Fsp3) is 0.417. The molecule has 0 saturated heterocycles. The minimum absolute atomic E-state index is 0.274. The Labute approximate surface area is 105 Å². The lowest BCUT2D eigenvalue weighted by Gasteiger charge is -2.42. The molecule has 2 rings (SSSR count). The summed E-state index contributed by atoms with van der Waals surface area (Å²) in [7, 11) is 0. The number of alkyl halides is 5. The lowest BCUT2D eigenvalue weighted by atomic mass is 9.63. The van der Waals surface area contributed by atoms with E-state index in [4.69, 9.17) is 5.26 Å². The van der Waals surface area contributed by atoms with Gasteiger partial charge in [-0.25, -0.2) is 8.78 Å². The van der Waals surface area contributed by atoms with Crippen LogP contribution in [0.25, 0.3) is 0 Å². The summed E-state index contributed by atoms with van der Waals surface area (Å²) >= 11 is 0. The molecule has 0 atom stereocenters. The second kappa shape index (κ2) is 4.08. The SMILES string of the molecule is N#CC1(c2ccc(OC(F)(F)F)cc2)CC(F)(F)C1. The van der Waals surface area contributed by atoms with Crippen molar-refractivity contribution in [3.63, 3.8) is 0 Å². The molecule has 1 saturated carbocycles. The molecule has 0 amide bonds. The van der Waals surface area contributed by atoms with Gasteiger partial charge in [-0.1, -0.05) is 12.1 Å². The van der Waals surface area contributed by atoms with Crippen LogP contribution in [-0.4, -0.2) is 12.3 Å². The van der Waals surface area contributed by atoms with Crippen molar-refractivity contribution in [1.82, 2.24) is 0 Å². The van der Waals surface area contributed by atoms with Crippen molar-refractivity contribution in [3.8, 4) is 11.8 Å². The van der Waals surface area contributed by atoms with Crippen molar-refractivity contribution in [1.29, 1.82) is 5.26 Å². The summed E-state index contributed by atoms with van der Waals surface area (Å²) in [6.07, 6.45) is -6.04. The lowest BCUT2D eigenvalue weighted by molar-refractivity contribution is -0.274. The maximum absolute atomic E-state index is 12.9. The normalized spacial score (nSPS) is 20.2. The fourth-order valence-electron chi connectivity index (χ4n) is 2.15. The van der Waals surface area contributed by atoms with Crippen LogP contribution >= 0.6 is 0 Å². The Bertz CT molecular complexity index is 506. The second-order valence-electron chi connectivity index (χ2n) is 4.48. The first-order chi connectivity index (χ1) is 8.66. The van der Waals surface area contributed by atoms with E-state index in [9.17, 15) is 22.0 Å². The van der Waals surface area contributed by atoms with Gasteiger partial charge in [0.15, 0.2) is 0 Å². The number of hydrogen-bond donors (Lipinski definition) is 0. The molecule has 0 unspecified atom stereocenters. The minimum atomic E-state index is -4.81. The molecule has 1 fully saturated rings. The Kier molecular flexibility index (Phi) is 2.92. The molecule has 1 aliphatic rings. The van der Waals surface area contributed by atoms with Crippen LogP contribution in [0.4, 0.5) is 22.0 Å². The van der Waals surface area contributed by atoms with Crippen LogP contribution < -0.4 is 4.74 Å². The molecule has 0 aliphatic heterocycles. The summed E-state index contributed by atoms with van der Waals surface area (Å²) in [4.78, 5) is 0. The van der Waals surface area contributed by atoms with Crippen molar-refractivity contribution in [3.05, 3.63) is 29.8 Å². The van der Waals surface area contributed by atoms with Crippen LogP contribution in [0.2, 0.25) is 0 Å². The highest BCUT2D eigenvalue weighted by molar-refractivity contribution is 5.40. The van der Waals surface area contributed by atoms with E-state index in [-0.39, 0.29) is 5.56 Å². The van der Waals surface area contributed by atoms with Crippen LogP contribution in [0.5, 0.6) is 5.75 Å². The average molecular weight is 277 g/mol. The molecular weight excluding hydrogens is 269 g/mol. The van der Waals surface area contributed by atoms with Crippen LogP contribution in [-0.2, 0) is 5.41 Å². The van der Waals surface area contributed by atoms with Gasteiger partial charge in [0.25, 0.3) is 5.92 Å². The van der Waals surface area contributed by atoms with Gasteiger partial charge in [-0.05, 0) is 17.7 Å². The van der Waals surface area contributed by atoms with Gasteiger partial charge in [0.05, 0.1) is 11.5 Å². The third kappa shape index (κ3) is 2.78. The maximum Gasteiger partial charge on any atom is 0.573 e. The van der Waals surface area contributed by atoms with Gasteiger partial charge in [0.1, 0.15) is 5.75 Å². The highest BCUT2D eigenvalue weighted by atomic mass is 19.4. The lowest BCUT2D eigenvalue weighted by Crippen LogP contribution is -2.48. The van der Waals surface area contributed by atoms with Crippen molar-refractivity contribution >= 4 is 0 Å². The number of hydrogen-bond acceptors (Lipinski definition) is 2. The minimum Gasteiger partial charge on any atom is -0.406 e. The quantitative estimate of drug-likeness (QED) is 0.771. The van der Waals surface area contributed by atoms with E-state index in [1.54, 1.807) is 0 Å². The first-order valence-corrected chi connectivity index (χ1v) is 5.31. The first-order valence-electron chi connectivity index (χ1n) is 5.31. The molecule has 19 heavy (non-hydrogen) atoms. The molecule has 2 nitrogen and oxygen atoms in total. The molecule has 102 valence electrons. The molecule has 7 heteroatoms. The van der Waals surface area contributed by atoms with Crippen molar-refractivity contribution in [2.24, 2.45) is 0 Å². The maximum atomic E-state index is 12.9. The van der Waals surface area contributed by atoms with E-state index in [0.717, 1.165) is 12.1 Å². The van der Waals surface area contributed by atoms with E-state index < -0.39 is 36.3 Å². The third-order valence-corrected chi connectivity index (χ3v) is 2.98. The average Bonchev–Trinajstić information content (AvgIpc) is 2.24. The van der Waals surface area contributed by atoms with E-state index in [1.165, 1.54) is 12.1 Å². The second-order valence-corrected chi connectivity index (χ2v) is 4.48. The van der Waals surface area contributed by atoms with E-state index in [2.05, 4.69) is 4.74 Å². The highest BCUT2D eigenvalue weighted by Crippen LogP contribution is 2.53. The molecule has 0 N–H and O–H groups in total. The summed E-state index contributed by atoms with van der Waals surface area (Å²) < 4.78 is 65.3. The van der Waals surface area contributed by atoms with Gasteiger partial charge in [0.2, 0.25) is 0 Å². The van der Waals surface area contributed by atoms with Crippen molar-refractivity contribution < 1.29 is 26.7 Å². The predicted molar refractivity (Wildman–Crippen MR) is 54.6 cm³/mol. The Balaban J connectivity index is 2.17. The molecule has 1 aromatic rings. The largest absolute Gasteiger partial charge is 0.573 e. The predicted octanol–water partition coefficient (Wildman–Crippen LogP) is 3.78. The van der Waals surface area contributed by atoms with Gasteiger partial charge in [-0.2, -0.15) is 5.26 Å². The van der Waals surface area contributed by atoms with Crippen LogP contribution in [0.1, 0.15) is 18.4 Å². The van der Waals surface area contributed by atoms with Crippen molar-refractivity contribution in [2.75, 3.05) is 0 Å². The Morgan fingerprint density at radius 3 is 2.00 bits per heavy atom. The van der Waals surface area contributed by atoms with E-state index in [1.807, 2.05) is 6.07 Å². The number of rotatable bonds is 2. The summed E-state index contributed by atoms with van der Waals surface area (Å²) in [5.41, 5.74) is -1.05. The first kappa shape index (κ1) is 13.6. The van der Waals surface area contributed by atoms with Gasteiger partial charge in [-0.15, -0.1) is 13.2 Å². The van der Waals surface area contributed by atoms with Gasteiger partial charge in [0, 0.05) is 12.8 Å². The number of nitrogens with zero attached hydrogens (tertiary/aromatic N) is 1. The number of benzene rings is 1. The number of halogens is 5. The third-order valence-electron chi connectivity index (χ3n) is 2.98. The smallest absolute Gasteiger partial charge is 0.406 e. The topological polar surface area (TPSA) is 33.0 Å². The van der Waals surface area contributed by atoms with Gasteiger partial charge in [-0.3, -0.25) is 0 Å². The number of ether oxygens (including phenoxy) is 1. The standard InChI is InChI=1S/C12H8F5NO/c13-11(14)5-10(6-11,7-18)8-1-3-9(4-2-8)19-12(15,16)17/h1-4H,5-6H2. The van der Waals surface area contributed by atoms with Crippen molar-refractivity contribution in [2.45, 2.75) is 30.5 Å². The molecular formula is C12H8F5NO. The zero-order valence-electron chi connectivity index (χ0n) is 9.47. The summed E-state index contributed by atoms with van der Waals surface area (Å²) in [6.45, 7) is 0. The van der Waals surface area contributed by atoms with E-state index in [0.29, 0.717) is 0 Å². The molecule has 1 aliphatic carbocycles. The molecule has 0 spiro atoms. The molecule has 0 radical (unpaired) electrons. The van der Waals surface area contributed by atoms with Crippen LogP contribution in [0.3, 0.4) is 0 Å². The van der Waals surface area contributed by atoms with Crippen LogP contribution in [0.15, 0.2) is 24.3 Å². The summed E-state index contributed by atoms with van der Waals surface area (Å²) in [6, 6.07) is 6.25. The highest BCUT2D eigenvalue weighted by Gasteiger charge is 2.58. The molecule has 0 bridgehead atoms. The Hall–Kier alpha value is -1.84. The molecule has 1 aromatic carbocycles. The zero-order valence-corrected chi connectivity index (χ0v) is 9.47. The van der Waals surface area contributed by atoms with Gasteiger partial charge >= 0.3 is 6.36 Å². The zero-order chi connectivity index (χ0) is 14.3. The van der Waals surface area contributed by atoms with Gasteiger partial charge < -0.3 is 4.74 Å². The number of nitriles is 1. The fourth-order valence-corrected chi connectivity index (χ4v) is 2.15. The summed E-state index contributed by atoms with van der Waals surface area (Å²) in [5, 5.41) is 8.98. The monoisotopic (exact) mass is 277 g/mol. The summed E-state index contributed by atoms with van der Waals surface area (Å²) in [5.74, 6) is -3.34. The van der Waals surface area contributed by atoms with E-state index >= 15 is 0 Å². The molecule has 0 heterocycles. The molecule has 0 aromatic heterocycles. The Morgan fingerprint density at radius 1 is 1.11 bits per heavy atom. The Morgan fingerprint density at radius 2 is 1.63 bits per heavy atom.